The Balaban J connectivity index is 2.05. The van der Waals surface area contributed by atoms with Crippen molar-refractivity contribution in [1.29, 1.82) is 0 Å². The molecule has 2 rings (SSSR count). The van der Waals surface area contributed by atoms with Crippen molar-refractivity contribution in [2.24, 2.45) is 5.73 Å². The summed E-state index contributed by atoms with van der Waals surface area (Å²) in [6.07, 6.45) is 0. The molecule has 0 radical (unpaired) electrons. The molecule has 1 amide bonds. The molecular formula is C16H17FN2O. The van der Waals surface area contributed by atoms with Gasteiger partial charge in [0.15, 0.2) is 0 Å². The predicted octanol–water partition coefficient (Wildman–Crippen LogP) is 2.46. The number of carbonyl (C=O) groups is 1. The average Bonchev–Trinajstić information content (AvgIpc) is 2.45. The second-order valence-electron chi connectivity index (χ2n) is 4.71. The second kappa shape index (κ2) is 6.30. The van der Waals surface area contributed by atoms with E-state index >= 15 is 0 Å². The third-order valence-corrected chi connectivity index (χ3v) is 3.15. The summed E-state index contributed by atoms with van der Waals surface area (Å²) < 4.78 is 13.2. The number of nitrogens with one attached hydrogen (secondary N) is 1. The van der Waals surface area contributed by atoms with E-state index in [1.807, 2.05) is 30.3 Å². The summed E-state index contributed by atoms with van der Waals surface area (Å²) in [5.41, 5.74) is 8.01. The van der Waals surface area contributed by atoms with Crippen LogP contribution < -0.4 is 11.1 Å². The van der Waals surface area contributed by atoms with Crippen LogP contribution in [-0.4, -0.2) is 11.9 Å². The van der Waals surface area contributed by atoms with Crippen molar-refractivity contribution in [3.8, 4) is 11.1 Å². The van der Waals surface area contributed by atoms with Crippen LogP contribution in [0.4, 0.5) is 4.39 Å². The molecule has 0 saturated carbocycles. The van der Waals surface area contributed by atoms with Crippen LogP contribution in [0.2, 0.25) is 0 Å². The Kier molecular flexibility index (Phi) is 4.48. The second-order valence-corrected chi connectivity index (χ2v) is 4.71. The van der Waals surface area contributed by atoms with Gasteiger partial charge in [0.2, 0.25) is 5.91 Å². The van der Waals surface area contributed by atoms with Gasteiger partial charge < -0.3 is 11.1 Å². The first-order chi connectivity index (χ1) is 9.56. The van der Waals surface area contributed by atoms with Crippen LogP contribution in [-0.2, 0) is 11.3 Å². The predicted molar refractivity (Wildman–Crippen MR) is 77.3 cm³/mol. The van der Waals surface area contributed by atoms with Gasteiger partial charge in [0.05, 0.1) is 6.04 Å². The Bertz CT molecular complexity index is 596. The number of amides is 1. The van der Waals surface area contributed by atoms with Gasteiger partial charge in [0, 0.05) is 6.54 Å². The Morgan fingerprint density at radius 1 is 1.20 bits per heavy atom. The molecule has 0 aliphatic rings. The molecule has 1 atom stereocenters. The van der Waals surface area contributed by atoms with Gasteiger partial charge in [-0.3, -0.25) is 4.79 Å². The number of nitrogens with two attached hydrogens (primary N) is 1. The minimum Gasteiger partial charge on any atom is -0.368 e. The lowest BCUT2D eigenvalue weighted by Crippen LogP contribution is -2.38. The van der Waals surface area contributed by atoms with Gasteiger partial charge in [-0.2, -0.15) is 0 Å². The quantitative estimate of drug-likeness (QED) is 0.878. The van der Waals surface area contributed by atoms with E-state index in [9.17, 15) is 9.18 Å². The summed E-state index contributed by atoms with van der Waals surface area (Å²) in [6.45, 7) is 2.29. The highest BCUT2D eigenvalue weighted by Gasteiger charge is 2.07. The van der Waals surface area contributed by atoms with Crippen molar-refractivity contribution < 1.29 is 9.18 Å². The Labute approximate surface area is 117 Å². The highest BCUT2D eigenvalue weighted by atomic mass is 19.1. The van der Waals surface area contributed by atoms with Crippen molar-refractivity contribution in [1.82, 2.24) is 5.32 Å². The highest BCUT2D eigenvalue weighted by Crippen LogP contribution is 2.20. The van der Waals surface area contributed by atoms with Gasteiger partial charge in [-0.1, -0.05) is 36.4 Å². The van der Waals surface area contributed by atoms with Crippen LogP contribution >= 0.6 is 0 Å². The van der Waals surface area contributed by atoms with Crippen molar-refractivity contribution >= 4 is 5.91 Å². The smallest absolute Gasteiger partial charge is 0.234 e. The highest BCUT2D eigenvalue weighted by molar-refractivity contribution is 5.79. The molecule has 0 fully saturated rings. The summed E-state index contributed by atoms with van der Waals surface area (Å²) >= 11 is 0. The van der Waals surface area contributed by atoms with E-state index in [0.29, 0.717) is 6.54 Å². The molecule has 0 bridgehead atoms. The minimum atomic E-state index is -0.374. The third-order valence-electron chi connectivity index (χ3n) is 3.15. The fraction of sp³-hybridized carbons (Fsp3) is 0.188. The Morgan fingerprint density at radius 3 is 2.50 bits per heavy atom. The fourth-order valence-corrected chi connectivity index (χ4v) is 1.85. The van der Waals surface area contributed by atoms with E-state index in [2.05, 4.69) is 5.32 Å². The number of rotatable bonds is 5. The fourth-order valence-electron chi connectivity index (χ4n) is 1.85. The molecule has 0 heterocycles. The van der Waals surface area contributed by atoms with Crippen molar-refractivity contribution in [3.05, 3.63) is 59.9 Å². The van der Waals surface area contributed by atoms with Gasteiger partial charge in [-0.05, 0) is 35.7 Å². The van der Waals surface area contributed by atoms with Crippen molar-refractivity contribution in [2.45, 2.75) is 19.5 Å². The molecule has 0 saturated heterocycles. The number of carbonyl (C=O) groups excluding carboxylic acids is 1. The molecule has 0 spiro atoms. The summed E-state index contributed by atoms with van der Waals surface area (Å²) in [5, 5.41) is 3.03. The lowest BCUT2D eigenvalue weighted by atomic mass is 10.0. The van der Waals surface area contributed by atoms with Crippen LogP contribution in [0.5, 0.6) is 0 Å². The van der Waals surface area contributed by atoms with Crippen LogP contribution in [0, 0.1) is 5.82 Å². The lowest BCUT2D eigenvalue weighted by Gasteiger charge is -2.10. The largest absolute Gasteiger partial charge is 0.368 e. The summed E-state index contributed by atoms with van der Waals surface area (Å²) in [5.74, 6) is -0.620. The molecule has 0 aromatic heterocycles. The molecular weight excluding hydrogens is 255 g/mol. The molecule has 2 aromatic carbocycles. The summed E-state index contributed by atoms with van der Waals surface area (Å²) in [6, 6.07) is 13.9. The Hall–Kier alpha value is -2.20. The average molecular weight is 272 g/mol. The van der Waals surface area contributed by atoms with Crippen LogP contribution in [0.25, 0.3) is 11.1 Å². The van der Waals surface area contributed by atoms with Gasteiger partial charge in [0.25, 0.3) is 0 Å². The maximum atomic E-state index is 13.2. The minimum absolute atomic E-state index is 0.247. The summed E-state index contributed by atoms with van der Waals surface area (Å²) in [4.78, 5) is 10.9. The molecule has 4 heteroatoms. The molecule has 2 aromatic rings. The number of primary amides is 1. The monoisotopic (exact) mass is 272 g/mol. The molecule has 20 heavy (non-hydrogen) atoms. The van der Waals surface area contributed by atoms with E-state index in [-0.39, 0.29) is 17.8 Å². The standard InChI is InChI=1S/C16H17FN2O/c1-11(16(18)20)19-10-12-5-7-13(8-6-12)14-3-2-4-15(17)9-14/h2-9,11,19H,10H2,1H3,(H2,18,20)/t11-/m0/s1. The first kappa shape index (κ1) is 14.2. The van der Waals surface area contributed by atoms with Crippen molar-refractivity contribution in [2.75, 3.05) is 0 Å². The Morgan fingerprint density at radius 2 is 1.90 bits per heavy atom. The number of halogens is 1. The maximum Gasteiger partial charge on any atom is 0.234 e. The van der Waals surface area contributed by atoms with Crippen LogP contribution in [0.1, 0.15) is 12.5 Å². The molecule has 3 nitrogen and oxygen atoms in total. The number of benzene rings is 2. The zero-order valence-corrected chi connectivity index (χ0v) is 11.3. The van der Waals surface area contributed by atoms with Crippen LogP contribution in [0.15, 0.2) is 48.5 Å². The van der Waals surface area contributed by atoms with Gasteiger partial charge >= 0.3 is 0 Å². The van der Waals surface area contributed by atoms with Crippen LogP contribution in [0.3, 0.4) is 0 Å². The molecule has 0 aliphatic carbocycles. The molecule has 0 unspecified atom stereocenters. The molecule has 3 N–H and O–H groups in total. The van der Waals surface area contributed by atoms with E-state index < -0.39 is 0 Å². The molecule has 104 valence electrons. The first-order valence-electron chi connectivity index (χ1n) is 6.44. The lowest BCUT2D eigenvalue weighted by molar-refractivity contribution is -0.119. The van der Waals surface area contributed by atoms with Gasteiger partial charge in [-0.25, -0.2) is 4.39 Å². The van der Waals surface area contributed by atoms with E-state index in [0.717, 1.165) is 16.7 Å². The first-order valence-corrected chi connectivity index (χ1v) is 6.44. The molecule has 0 aliphatic heterocycles. The normalized spacial score (nSPS) is 12.1. The zero-order valence-electron chi connectivity index (χ0n) is 11.3. The zero-order chi connectivity index (χ0) is 14.5. The van der Waals surface area contributed by atoms with E-state index in [1.165, 1.54) is 12.1 Å². The number of hydrogen-bond donors (Lipinski definition) is 2. The van der Waals surface area contributed by atoms with Gasteiger partial charge in [-0.15, -0.1) is 0 Å². The van der Waals surface area contributed by atoms with E-state index in [4.69, 9.17) is 5.73 Å². The maximum absolute atomic E-state index is 13.2. The van der Waals surface area contributed by atoms with Gasteiger partial charge in [0.1, 0.15) is 5.82 Å². The SMILES string of the molecule is C[C@H](NCc1ccc(-c2cccc(F)c2)cc1)C(N)=O. The van der Waals surface area contributed by atoms with E-state index in [1.54, 1.807) is 13.0 Å². The topological polar surface area (TPSA) is 55.1 Å². The number of hydrogen-bond acceptors (Lipinski definition) is 2. The summed E-state index contributed by atoms with van der Waals surface area (Å²) in [7, 11) is 0. The van der Waals surface area contributed by atoms with Crippen molar-refractivity contribution in [3.63, 3.8) is 0 Å². The third kappa shape index (κ3) is 3.65.